The minimum absolute atomic E-state index is 0.0186. The van der Waals surface area contributed by atoms with Crippen molar-refractivity contribution in [3.8, 4) is 5.75 Å². The summed E-state index contributed by atoms with van der Waals surface area (Å²) in [5, 5.41) is 11.6. The van der Waals surface area contributed by atoms with Crippen molar-refractivity contribution in [1.29, 1.82) is 0 Å². The Balaban J connectivity index is 1.30. The molecular weight excluding hydrogens is 486 g/mol. The normalized spacial score (nSPS) is 18.5. The average Bonchev–Trinajstić information content (AvgIpc) is 3.23. The monoisotopic (exact) mass is 513 g/mol. The standard InChI is InChI=1S/C29H27N3O4S/c33-28-27(37-29(30-23-7-3-1-4-8-23)31(28)24-9-5-2-6-10-24)19-21-13-17-26(18-14-21)36-20-22-11-15-25(16-12-22)32(34)35/h1,3-4,7-8,11-19,24H,2,5-6,9-10,20H2/b27-19-,30-29?. The molecule has 0 radical (unpaired) electrons. The maximum atomic E-state index is 13.5. The van der Waals surface area contributed by atoms with Crippen LogP contribution in [-0.4, -0.2) is 26.9 Å². The second-order valence-corrected chi connectivity index (χ2v) is 10.1. The van der Waals surface area contributed by atoms with Crippen LogP contribution in [0, 0.1) is 10.1 Å². The van der Waals surface area contributed by atoms with Crippen molar-refractivity contribution in [3.63, 3.8) is 0 Å². The molecule has 8 heteroatoms. The van der Waals surface area contributed by atoms with Crippen molar-refractivity contribution in [3.05, 3.63) is 105 Å². The molecule has 1 heterocycles. The highest BCUT2D eigenvalue weighted by atomic mass is 32.2. The van der Waals surface area contributed by atoms with Crippen molar-refractivity contribution in [2.75, 3.05) is 0 Å². The van der Waals surface area contributed by atoms with E-state index in [0.29, 0.717) is 17.3 Å². The Morgan fingerprint density at radius 1 is 0.973 bits per heavy atom. The van der Waals surface area contributed by atoms with E-state index in [1.54, 1.807) is 12.1 Å². The fraction of sp³-hybridized carbons (Fsp3) is 0.241. The van der Waals surface area contributed by atoms with E-state index in [2.05, 4.69) is 0 Å². The highest BCUT2D eigenvalue weighted by Gasteiger charge is 2.38. The minimum Gasteiger partial charge on any atom is -0.489 e. The zero-order chi connectivity index (χ0) is 25.6. The number of hydrogen-bond donors (Lipinski definition) is 0. The molecule has 0 bridgehead atoms. The summed E-state index contributed by atoms with van der Waals surface area (Å²) >= 11 is 1.43. The molecule has 37 heavy (non-hydrogen) atoms. The van der Waals surface area contributed by atoms with E-state index < -0.39 is 4.92 Å². The molecule has 2 fully saturated rings. The summed E-state index contributed by atoms with van der Waals surface area (Å²) in [5.74, 6) is 0.700. The van der Waals surface area contributed by atoms with Gasteiger partial charge in [-0.3, -0.25) is 19.8 Å². The van der Waals surface area contributed by atoms with Gasteiger partial charge >= 0.3 is 0 Å². The maximum Gasteiger partial charge on any atom is 0.269 e. The van der Waals surface area contributed by atoms with E-state index in [9.17, 15) is 14.9 Å². The quantitative estimate of drug-likeness (QED) is 0.191. The lowest BCUT2D eigenvalue weighted by Gasteiger charge is -2.30. The smallest absolute Gasteiger partial charge is 0.269 e. The molecule has 2 aliphatic rings. The summed E-state index contributed by atoms with van der Waals surface area (Å²) in [6, 6.07) is 23.8. The highest BCUT2D eigenvalue weighted by molar-refractivity contribution is 8.18. The molecule has 1 aliphatic heterocycles. The van der Waals surface area contributed by atoms with E-state index >= 15 is 0 Å². The van der Waals surface area contributed by atoms with E-state index in [4.69, 9.17) is 9.73 Å². The van der Waals surface area contributed by atoms with Crippen LogP contribution in [0.25, 0.3) is 6.08 Å². The number of amides is 1. The molecule has 0 unspecified atom stereocenters. The lowest BCUT2D eigenvalue weighted by molar-refractivity contribution is -0.384. The van der Waals surface area contributed by atoms with Gasteiger partial charge in [-0.05, 0) is 78.2 Å². The van der Waals surface area contributed by atoms with Crippen molar-refractivity contribution in [1.82, 2.24) is 4.90 Å². The van der Waals surface area contributed by atoms with Crippen LogP contribution in [0.15, 0.2) is 88.8 Å². The molecule has 0 aromatic heterocycles. The van der Waals surface area contributed by atoms with Crippen LogP contribution in [0.2, 0.25) is 0 Å². The molecule has 1 amide bonds. The molecule has 0 atom stereocenters. The predicted octanol–water partition coefficient (Wildman–Crippen LogP) is 7.11. The summed E-state index contributed by atoms with van der Waals surface area (Å²) in [7, 11) is 0. The molecule has 5 rings (SSSR count). The third-order valence-electron chi connectivity index (χ3n) is 6.49. The largest absolute Gasteiger partial charge is 0.489 e. The molecule has 3 aromatic rings. The lowest BCUT2D eigenvalue weighted by atomic mass is 9.94. The molecule has 1 saturated carbocycles. The first-order valence-corrected chi connectivity index (χ1v) is 13.2. The van der Waals surface area contributed by atoms with Gasteiger partial charge in [0.15, 0.2) is 5.17 Å². The molecule has 188 valence electrons. The summed E-state index contributed by atoms with van der Waals surface area (Å²) in [5.41, 5.74) is 2.65. The number of carbonyl (C=O) groups excluding carboxylic acids is 1. The number of nitro benzene ring substituents is 1. The number of amidine groups is 1. The van der Waals surface area contributed by atoms with Crippen LogP contribution in [0.3, 0.4) is 0 Å². The SMILES string of the molecule is O=C1/C(=C/c2ccc(OCc3ccc([N+](=O)[O-])cc3)cc2)SC(=Nc2ccccc2)N1C1CCCCC1. The molecule has 0 spiro atoms. The Labute approximate surface area is 220 Å². The topological polar surface area (TPSA) is 85.0 Å². The Kier molecular flexibility index (Phi) is 7.65. The first-order chi connectivity index (χ1) is 18.1. The number of non-ortho nitro benzene ring substituents is 1. The number of ether oxygens (including phenoxy) is 1. The zero-order valence-corrected chi connectivity index (χ0v) is 21.1. The van der Waals surface area contributed by atoms with Crippen LogP contribution >= 0.6 is 11.8 Å². The number of nitrogens with zero attached hydrogens (tertiary/aromatic N) is 3. The van der Waals surface area contributed by atoms with E-state index in [1.165, 1.54) is 30.3 Å². The highest BCUT2D eigenvalue weighted by Crippen LogP contribution is 2.38. The van der Waals surface area contributed by atoms with Gasteiger partial charge in [0, 0.05) is 18.2 Å². The van der Waals surface area contributed by atoms with Gasteiger partial charge in [-0.25, -0.2) is 4.99 Å². The van der Waals surface area contributed by atoms with Gasteiger partial charge < -0.3 is 4.74 Å². The van der Waals surface area contributed by atoms with Crippen LogP contribution < -0.4 is 4.74 Å². The molecule has 1 saturated heterocycles. The predicted molar refractivity (Wildman–Crippen MR) is 147 cm³/mol. The van der Waals surface area contributed by atoms with Crippen molar-refractivity contribution in [2.45, 2.75) is 44.8 Å². The fourth-order valence-corrected chi connectivity index (χ4v) is 5.59. The summed E-state index contributed by atoms with van der Waals surface area (Å²) in [6.07, 6.45) is 7.42. The Morgan fingerprint density at radius 2 is 1.68 bits per heavy atom. The number of aliphatic imine (C=N–C) groups is 1. The third kappa shape index (κ3) is 6.09. The lowest BCUT2D eigenvalue weighted by Crippen LogP contribution is -2.40. The first kappa shape index (κ1) is 24.8. The molecule has 1 aliphatic carbocycles. The minimum atomic E-state index is -0.421. The van der Waals surface area contributed by atoms with Gasteiger partial charge in [0.25, 0.3) is 11.6 Å². The fourth-order valence-electron chi connectivity index (χ4n) is 4.53. The van der Waals surface area contributed by atoms with Gasteiger partial charge in [0.05, 0.1) is 15.5 Å². The van der Waals surface area contributed by atoms with Gasteiger partial charge in [-0.15, -0.1) is 0 Å². The van der Waals surface area contributed by atoms with Crippen LogP contribution in [0.4, 0.5) is 11.4 Å². The second kappa shape index (κ2) is 11.4. The number of benzene rings is 3. The van der Waals surface area contributed by atoms with Crippen LogP contribution in [0.5, 0.6) is 5.75 Å². The number of nitro groups is 1. The summed E-state index contributed by atoms with van der Waals surface area (Å²) in [6.45, 7) is 0.308. The van der Waals surface area contributed by atoms with Gasteiger partial charge in [0.2, 0.25) is 0 Å². The summed E-state index contributed by atoms with van der Waals surface area (Å²) in [4.78, 5) is 31.3. The van der Waals surface area contributed by atoms with Crippen LogP contribution in [0.1, 0.15) is 43.2 Å². The number of para-hydroxylation sites is 1. The Bertz CT molecular complexity index is 1320. The van der Waals surface area contributed by atoms with E-state index in [-0.39, 0.29) is 17.6 Å². The number of rotatable bonds is 7. The van der Waals surface area contributed by atoms with Gasteiger partial charge in [-0.2, -0.15) is 0 Å². The number of hydrogen-bond acceptors (Lipinski definition) is 6. The molecular formula is C29H27N3O4S. The van der Waals surface area contributed by atoms with Crippen molar-refractivity contribution < 1.29 is 14.5 Å². The Hall–Kier alpha value is -3.91. The third-order valence-corrected chi connectivity index (χ3v) is 7.47. The van der Waals surface area contributed by atoms with E-state index in [1.807, 2.05) is 65.6 Å². The van der Waals surface area contributed by atoms with Crippen molar-refractivity contribution >= 4 is 40.3 Å². The zero-order valence-electron chi connectivity index (χ0n) is 20.3. The summed E-state index contributed by atoms with van der Waals surface area (Å²) < 4.78 is 5.83. The van der Waals surface area contributed by atoms with Gasteiger partial charge in [-0.1, -0.05) is 49.6 Å². The maximum absolute atomic E-state index is 13.5. The second-order valence-electron chi connectivity index (χ2n) is 9.09. The van der Waals surface area contributed by atoms with Crippen LogP contribution in [-0.2, 0) is 11.4 Å². The molecule has 7 nitrogen and oxygen atoms in total. The van der Waals surface area contributed by atoms with Gasteiger partial charge in [0.1, 0.15) is 12.4 Å². The molecule has 3 aromatic carbocycles. The average molecular weight is 514 g/mol. The van der Waals surface area contributed by atoms with E-state index in [0.717, 1.165) is 47.7 Å². The van der Waals surface area contributed by atoms with Crippen molar-refractivity contribution in [2.24, 2.45) is 4.99 Å². The number of thioether (sulfide) groups is 1. The first-order valence-electron chi connectivity index (χ1n) is 12.4. The molecule has 0 N–H and O–H groups in total. The Morgan fingerprint density at radius 3 is 2.35 bits per heavy atom. The number of carbonyl (C=O) groups is 1.